The predicted octanol–water partition coefficient (Wildman–Crippen LogP) is 1.29. The van der Waals surface area contributed by atoms with Gasteiger partial charge in [-0.2, -0.15) is 8.42 Å². The highest BCUT2D eigenvalue weighted by Gasteiger charge is 2.26. The van der Waals surface area contributed by atoms with E-state index in [0.717, 1.165) is 17.7 Å². The Bertz CT molecular complexity index is 483. The molecule has 1 aliphatic heterocycles. The monoisotopic (exact) mass is 209 g/mol. The molecule has 0 aliphatic carbocycles. The fourth-order valence-corrected chi connectivity index (χ4v) is 2.57. The van der Waals surface area contributed by atoms with Crippen LogP contribution in [-0.4, -0.2) is 19.3 Å². The normalized spacial score (nSPS) is 18.9. The number of fused-ring (bicyclic) bond motifs is 1. The quantitative estimate of drug-likeness (QED) is 0.709. The van der Waals surface area contributed by atoms with E-state index in [1.165, 1.54) is 0 Å². The Morgan fingerprint density at radius 3 is 2.71 bits per heavy atom. The van der Waals surface area contributed by atoms with Crippen molar-refractivity contribution >= 4 is 20.8 Å². The van der Waals surface area contributed by atoms with Gasteiger partial charge in [-0.3, -0.25) is 0 Å². The molecule has 0 spiro atoms. The minimum atomic E-state index is -2.13. The lowest BCUT2D eigenvalue weighted by Crippen LogP contribution is -2.22. The molecule has 0 fully saturated rings. The van der Waals surface area contributed by atoms with E-state index >= 15 is 0 Å². The Balaban J connectivity index is 2.66. The maximum Gasteiger partial charge on any atom is 0.220 e. The summed E-state index contributed by atoms with van der Waals surface area (Å²) in [4.78, 5) is 0.489. The first-order valence-electron chi connectivity index (χ1n) is 4.56. The predicted molar refractivity (Wildman–Crippen MR) is 57.2 cm³/mol. The van der Waals surface area contributed by atoms with Crippen molar-refractivity contribution in [3.05, 3.63) is 29.8 Å². The third kappa shape index (κ3) is 1.32. The van der Waals surface area contributed by atoms with Crippen LogP contribution in [0.3, 0.4) is 0 Å². The molecule has 14 heavy (non-hydrogen) atoms. The van der Waals surface area contributed by atoms with Crippen molar-refractivity contribution in [2.75, 3.05) is 5.32 Å². The smallest absolute Gasteiger partial charge is 0.220 e. The van der Waals surface area contributed by atoms with Gasteiger partial charge in [0.2, 0.25) is 10.3 Å². The summed E-state index contributed by atoms with van der Waals surface area (Å²) in [7, 11) is -2.13. The van der Waals surface area contributed by atoms with Crippen LogP contribution < -0.4 is 5.32 Å². The van der Waals surface area contributed by atoms with Crippen LogP contribution in [0, 0.1) is 0 Å². The molecule has 1 unspecified atom stereocenters. The Kier molecular flexibility index (Phi) is 2.29. The molecule has 1 aromatic rings. The van der Waals surface area contributed by atoms with Crippen molar-refractivity contribution in [1.82, 2.24) is 0 Å². The fourth-order valence-electron chi connectivity index (χ4n) is 1.76. The Morgan fingerprint density at radius 2 is 2.07 bits per heavy atom. The van der Waals surface area contributed by atoms with Crippen molar-refractivity contribution in [1.29, 1.82) is 0 Å². The van der Waals surface area contributed by atoms with Gasteiger partial charge in [0, 0.05) is 11.3 Å². The molecule has 0 aromatic heterocycles. The van der Waals surface area contributed by atoms with Crippen LogP contribution in [0.2, 0.25) is 0 Å². The molecule has 74 valence electrons. The highest BCUT2D eigenvalue weighted by Crippen LogP contribution is 2.26. The van der Waals surface area contributed by atoms with Gasteiger partial charge < -0.3 is 5.32 Å². The van der Waals surface area contributed by atoms with Crippen molar-refractivity contribution in [2.45, 2.75) is 19.4 Å². The molecule has 0 radical (unpaired) electrons. The van der Waals surface area contributed by atoms with Crippen LogP contribution in [0.25, 0.3) is 0 Å². The highest BCUT2D eigenvalue weighted by atomic mass is 32.2. The van der Waals surface area contributed by atoms with E-state index in [-0.39, 0.29) is 6.04 Å². The summed E-state index contributed by atoms with van der Waals surface area (Å²) < 4.78 is 22.1. The van der Waals surface area contributed by atoms with Crippen LogP contribution in [-0.2, 0) is 10.3 Å². The molecule has 0 bridgehead atoms. The van der Waals surface area contributed by atoms with E-state index in [2.05, 4.69) is 5.32 Å². The van der Waals surface area contributed by atoms with E-state index in [1.807, 2.05) is 31.2 Å². The Labute approximate surface area is 84.3 Å². The van der Waals surface area contributed by atoms with E-state index in [9.17, 15) is 8.42 Å². The molecule has 3 nitrogen and oxygen atoms in total. The SMILES string of the molecule is CCC1Nc2ccccc2C1=S(=O)=O. The van der Waals surface area contributed by atoms with Crippen LogP contribution in [0.4, 0.5) is 5.69 Å². The van der Waals surface area contributed by atoms with Crippen LogP contribution in [0.5, 0.6) is 0 Å². The van der Waals surface area contributed by atoms with E-state index in [0.29, 0.717) is 4.86 Å². The van der Waals surface area contributed by atoms with E-state index in [1.54, 1.807) is 0 Å². The molecule has 0 amide bonds. The number of para-hydroxylation sites is 1. The zero-order chi connectivity index (χ0) is 10.1. The van der Waals surface area contributed by atoms with Gasteiger partial charge in [-0.15, -0.1) is 0 Å². The van der Waals surface area contributed by atoms with Crippen molar-refractivity contribution in [3.63, 3.8) is 0 Å². The zero-order valence-electron chi connectivity index (χ0n) is 7.82. The first-order chi connectivity index (χ1) is 6.74. The second-order valence-corrected chi connectivity index (χ2v) is 4.16. The number of nitrogens with one attached hydrogen (secondary N) is 1. The van der Waals surface area contributed by atoms with E-state index < -0.39 is 10.3 Å². The minimum Gasteiger partial charge on any atom is -0.377 e. The fraction of sp³-hybridized carbons (Fsp3) is 0.300. The third-order valence-electron chi connectivity index (χ3n) is 2.43. The molecule has 1 atom stereocenters. The first kappa shape index (κ1) is 9.27. The van der Waals surface area contributed by atoms with Gasteiger partial charge in [-0.1, -0.05) is 25.1 Å². The van der Waals surface area contributed by atoms with Gasteiger partial charge in [0.25, 0.3) is 0 Å². The van der Waals surface area contributed by atoms with Crippen molar-refractivity contribution < 1.29 is 8.42 Å². The number of rotatable bonds is 1. The number of anilines is 1. The van der Waals surface area contributed by atoms with Gasteiger partial charge in [-0.25, -0.2) is 0 Å². The lowest BCUT2D eigenvalue weighted by atomic mass is 10.1. The van der Waals surface area contributed by atoms with Crippen molar-refractivity contribution in [3.8, 4) is 0 Å². The average molecular weight is 209 g/mol. The summed E-state index contributed by atoms with van der Waals surface area (Å²) in [5, 5.41) is 3.19. The number of benzene rings is 1. The molecule has 1 N–H and O–H groups in total. The standard InChI is InChI=1S/C10H11NO2S/c1-2-8-10(14(12)13)7-5-3-4-6-9(7)11-8/h3-6,8,11H,2H2,1H3. The highest BCUT2D eigenvalue weighted by molar-refractivity contribution is 7.73. The molecule has 0 saturated carbocycles. The minimum absolute atomic E-state index is 0.0641. The second-order valence-electron chi connectivity index (χ2n) is 3.25. The lowest BCUT2D eigenvalue weighted by Gasteiger charge is -2.05. The maximum atomic E-state index is 11.1. The average Bonchev–Trinajstić information content (AvgIpc) is 2.55. The summed E-state index contributed by atoms with van der Waals surface area (Å²) in [5.74, 6) is 0. The maximum absolute atomic E-state index is 11.1. The van der Waals surface area contributed by atoms with Gasteiger partial charge in [0.15, 0.2) is 0 Å². The van der Waals surface area contributed by atoms with Gasteiger partial charge in [0.1, 0.15) is 4.86 Å². The van der Waals surface area contributed by atoms with Crippen LogP contribution >= 0.6 is 0 Å². The Morgan fingerprint density at radius 1 is 1.36 bits per heavy atom. The van der Waals surface area contributed by atoms with Gasteiger partial charge in [-0.05, 0) is 12.5 Å². The van der Waals surface area contributed by atoms with Crippen LogP contribution in [0.1, 0.15) is 18.9 Å². The molecular weight excluding hydrogens is 198 g/mol. The summed E-state index contributed by atoms with van der Waals surface area (Å²) in [5.41, 5.74) is 1.73. The Hall–Kier alpha value is -1.29. The summed E-state index contributed by atoms with van der Waals surface area (Å²) in [6.07, 6.45) is 0.776. The summed E-state index contributed by atoms with van der Waals surface area (Å²) in [6, 6.07) is 7.42. The molecule has 1 heterocycles. The largest absolute Gasteiger partial charge is 0.377 e. The third-order valence-corrected chi connectivity index (χ3v) is 3.29. The molecular formula is C10H11NO2S. The topological polar surface area (TPSA) is 46.2 Å². The number of hydrogen-bond donors (Lipinski definition) is 1. The number of hydrogen-bond acceptors (Lipinski definition) is 3. The summed E-state index contributed by atoms with van der Waals surface area (Å²) in [6.45, 7) is 1.97. The zero-order valence-corrected chi connectivity index (χ0v) is 8.64. The van der Waals surface area contributed by atoms with Crippen LogP contribution in [0.15, 0.2) is 24.3 Å². The lowest BCUT2D eigenvalue weighted by molar-refractivity contribution is 0.626. The summed E-state index contributed by atoms with van der Waals surface area (Å²) >= 11 is 0. The second kappa shape index (κ2) is 3.46. The van der Waals surface area contributed by atoms with Crippen molar-refractivity contribution in [2.24, 2.45) is 0 Å². The molecule has 0 saturated heterocycles. The van der Waals surface area contributed by atoms with Gasteiger partial charge >= 0.3 is 0 Å². The molecule has 2 rings (SSSR count). The van der Waals surface area contributed by atoms with E-state index in [4.69, 9.17) is 0 Å². The molecule has 1 aromatic carbocycles. The first-order valence-corrected chi connectivity index (χ1v) is 5.63. The molecule has 1 aliphatic rings. The van der Waals surface area contributed by atoms with Gasteiger partial charge in [0.05, 0.1) is 6.04 Å². The molecule has 4 heteroatoms.